The first-order valence-electron chi connectivity index (χ1n) is 3.97. The Morgan fingerprint density at radius 1 is 1.20 bits per heavy atom. The van der Waals surface area contributed by atoms with Gasteiger partial charge in [0.1, 0.15) is 11.3 Å². The van der Waals surface area contributed by atoms with E-state index in [0.29, 0.717) is 0 Å². The number of nitrogens with one attached hydrogen (secondary N) is 1. The van der Waals surface area contributed by atoms with Crippen LogP contribution < -0.4 is 5.32 Å². The zero-order valence-electron chi connectivity index (χ0n) is 7.27. The zero-order chi connectivity index (χ0) is 11.2. The van der Waals surface area contributed by atoms with Crippen LogP contribution in [0, 0.1) is 0 Å². The van der Waals surface area contributed by atoms with Gasteiger partial charge in [-0.25, -0.2) is 4.79 Å². The monoisotopic (exact) mass is 207 g/mol. The molecule has 0 spiro atoms. The fourth-order valence-electron chi connectivity index (χ4n) is 1.42. The number of carboxylic acid groups (broad SMARTS) is 1. The summed E-state index contributed by atoms with van der Waals surface area (Å²) in [4.78, 5) is 32.9. The highest BCUT2D eigenvalue weighted by Crippen LogP contribution is 2.29. The maximum atomic E-state index is 11.2. The van der Waals surface area contributed by atoms with Crippen molar-refractivity contribution in [1.29, 1.82) is 0 Å². The van der Waals surface area contributed by atoms with Crippen LogP contribution in [0.3, 0.4) is 0 Å². The minimum atomic E-state index is -1.36. The Kier molecular flexibility index (Phi) is 1.72. The molecule has 6 nitrogen and oxygen atoms in total. The second-order valence-electron chi connectivity index (χ2n) is 2.97. The number of rotatable bonds is 1. The summed E-state index contributed by atoms with van der Waals surface area (Å²) in [6.07, 6.45) is 0. The van der Waals surface area contributed by atoms with Gasteiger partial charge >= 0.3 is 5.97 Å². The summed E-state index contributed by atoms with van der Waals surface area (Å²) in [5.74, 6) is -3.45. The van der Waals surface area contributed by atoms with E-state index in [4.69, 9.17) is 5.11 Å². The summed E-state index contributed by atoms with van der Waals surface area (Å²) < 4.78 is 0. The molecule has 0 bridgehead atoms. The molecule has 0 unspecified atom stereocenters. The molecule has 0 aliphatic carbocycles. The van der Waals surface area contributed by atoms with E-state index in [0.717, 1.165) is 6.07 Å². The van der Waals surface area contributed by atoms with Gasteiger partial charge in [0.15, 0.2) is 0 Å². The second-order valence-corrected chi connectivity index (χ2v) is 2.97. The molecular weight excluding hydrogens is 202 g/mol. The number of hydrogen-bond acceptors (Lipinski definition) is 4. The third-order valence-electron chi connectivity index (χ3n) is 2.11. The molecule has 1 heterocycles. The van der Waals surface area contributed by atoms with Crippen LogP contribution in [0.5, 0.6) is 5.75 Å². The number of phenols is 1. The van der Waals surface area contributed by atoms with Crippen molar-refractivity contribution < 1.29 is 24.6 Å². The van der Waals surface area contributed by atoms with E-state index in [1.807, 2.05) is 5.32 Å². The summed E-state index contributed by atoms with van der Waals surface area (Å²) >= 11 is 0. The molecule has 1 aromatic rings. The Bertz CT molecular complexity index is 505. The first-order chi connectivity index (χ1) is 7.02. The van der Waals surface area contributed by atoms with E-state index >= 15 is 0 Å². The van der Waals surface area contributed by atoms with Crippen molar-refractivity contribution in [2.75, 3.05) is 0 Å². The second kappa shape index (κ2) is 2.81. The number of carbonyl (C=O) groups is 3. The highest BCUT2D eigenvalue weighted by molar-refractivity contribution is 6.23. The number of carboxylic acids is 1. The maximum absolute atomic E-state index is 11.2. The number of aromatic carboxylic acids is 1. The minimum absolute atomic E-state index is 0.0116. The molecule has 76 valence electrons. The lowest BCUT2D eigenvalue weighted by Crippen LogP contribution is -2.19. The van der Waals surface area contributed by atoms with E-state index in [-0.39, 0.29) is 11.1 Å². The van der Waals surface area contributed by atoms with E-state index < -0.39 is 29.1 Å². The molecular formula is C9H5NO5. The fourth-order valence-corrected chi connectivity index (χ4v) is 1.42. The Labute approximate surface area is 83.1 Å². The summed E-state index contributed by atoms with van der Waals surface area (Å²) in [6.45, 7) is 0. The minimum Gasteiger partial charge on any atom is -0.506 e. The molecule has 2 amide bonds. The number of carbonyl (C=O) groups excluding carboxylic acids is 2. The Morgan fingerprint density at radius 3 is 2.47 bits per heavy atom. The zero-order valence-corrected chi connectivity index (χ0v) is 7.27. The van der Waals surface area contributed by atoms with Crippen molar-refractivity contribution in [2.24, 2.45) is 0 Å². The molecule has 0 aromatic heterocycles. The number of aromatic hydroxyl groups is 1. The summed E-state index contributed by atoms with van der Waals surface area (Å²) in [5, 5.41) is 20.1. The molecule has 15 heavy (non-hydrogen) atoms. The van der Waals surface area contributed by atoms with Gasteiger partial charge in [0.2, 0.25) is 0 Å². The SMILES string of the molecule is O=C(O)c1ccc2c(c1O)C(=O)NC2=O. The highest BCUT2D eigenvalue weighted by atomic mass is 16.4. The van der Waals surface area contributed by atoms with E-state index in [1.54, 1.807) is 0 Å². The van der Waals surface area contributed by atoms with Gasteiger partial charge in [0.25, 0.3) is 11.8 Å². The quantitative estimate of drug-likeness (QED) is 0.561. The molecule has 1 aliphatic rings. The third kappa shape index (κ3) is 1.15. The van der Waals surface area contributed by atoms with Crippen molar-refractivity contribution in [2.45, 2.75) is 0 Å². The van der Waals surface area contributed by atoms with Crippen LogP contribution in [-0.2, 0) is 0 Å². The van der Waals surface area contributed by atoms with Crippen molar-refractivity contribution in [3.05, 3.63) is 28.8 Å². The van der Waals surface area contributed by atoms with E-state index in [9.17, 15) is 19.5 Å². The number of hydrogen-bond donors (Lipinski definition) is 3. The van der Waals surface area contributed by atoms with Crippen molar-refractivity contribution in [3.8, 4) is 5.75 Å². The summed E-state index contributed by atoms with van der Waals surface area (Å²) in [5.41, 5.74) is -0.694. The van der Waals surface area contributed by atoms with E-state index in [1.165, 1.54) is 6.07 Å². The summed E-state index contributed by atoms with van der Waals surface area (Å²) in [6, 6.07) is 2.27. The normalized spacial score (nSPS) is 13.6. The molecule has 1 aromatic carbocycles. The van der Waals surface area contributed by atoms with Gasteiger partial charge in [-0.3, -0.25) is 14.9 Å². The van der Waals surface area contributed by atoms with Crippen molar-refractivity contribution >= 4 is 17.8 Å². The van der Waals surface area contributed by atoms with Crippen LogP contribution in [0.2, 0.25) is 0 Å². The smallest absolute Gasteiger partial charge is 0.339 e. The standard InChI is InChI=1S/C9H5NO5/c11-6-4(9(14)15)2-1-3-5(6)8(13)10-7(3)12/h1-2,11H,(H,14,15)(H,10,12,13). The summed E-state index contributed by atoms with van der Waals surface area (Å²) in [7, 11) is 0. The third-order valence-corrected chi connectivity index (χ3v) is 2.11. The number of fused-ring (bicyclic) bond motifs is 1. The molecule has 0 saturated carbocycles. The molecule has 1 aliphatic heterocycles. The lowest BCUT2D eigenvalue weighted by Gasteiger charge is -2.02. The first kappa shape index (κ1) is 9.20. The van der Waals surface area contributed by atoms with Crippen LogP contribution in [0.1, 0.15) is 31.1 Å². The maximum Gasteiger partial charge on any atom is 0.339 e. The van der Waals surface area contributed by atoms with Crippen LogP contribution in [0.4, 0.5) is 0 Å². The molecule has 0 fully saturated rings. The molecule has 0 radical (unpaired) electrons. The predicted molar refractivity (Wildman–Crippen MR) is 46.9 cm³/mol. The predicted octanol–water partition coefficient (Wildman–Crippen LogP) is -0.0260. The molecule has 0 atom stereocenters. The van der Waals surface area contributed by atoms with Gasteiger partial charge in [-0.1, -0.05) is 0 Å². The number of amides is 2. The average molecular weight is 207 g/mol. The van der Waals surface area contributed by atoms with E-state index in [2.05, 4.69) is 0 Å². The largest absolute Gasteiger partial charge is 0.506 e. The van der Waals surface area contributed by atoms with Crippen LogP contribution >= 0.6 is 0 Å². The Balaban J connectivity index is 2.74. The topological polar surface area (TPSA) is 104 Å². The number of imide groups is 1. The molecule has 6 heteroatoms. The average Bonchev–Trinajstić information content (AvgIpc) is 2.43. The van der Waals surface area contributed by atoms with Crippen LogP contribution in [0.15, 0.2) is 12.1 Å². The van der Waals surface area contributed by atoms with Crippen molar-refractivity contribution in [3.63, 3.8) is 0 Å². The van der Waals surface area contributed by atoms with Gasteiger partial charge in [-0.2, -0.15) is 0 Å². The lowest BCUT2D eigenvalue weighted by molar-refractivity contribution is 0.0693. The molecule has 0 saturated heterocycles. The number of benzene rings is 1. The van der Waals surface area contributed by atoms with Crippen LogP contribution in [0.25, 0.3) is 0 Å². The Hall–Kier alpha value is -2.37. The Morgan fingerprint density at radius 2 is 1.87 bits per heavy atom. The fraction of sp³-hybridized carbons (Fsp3) is 0. The molecule has 2 rings (SSSR count). The lowest BCUT2D eigenvalue weighted by atomic mass is 10.0. The van der Waals surface area contributed by atoms with Gasteiger partial charge in [0.05, 0.1) is 11.1 Å². The first-order valence-corrected chi connectivity index (χ1v) is 3.97. The van der Waals surface area contributed by atoms with Gasteiger partial charge in [-0.05, 0) is 12.1 Å². The van der Waals surface area contributed by atoms with Crippen molar-refractivity contribution in [1.82, 2.24) is 5.32 Å². The van der Waals surface area contributed by atoms with Gasteiger partial charge < -0.3 is 10.2 Å². The van der Waals surface area contributed by atoms with Crippen LogP contribution in [-0.4, -0.2) is 28.0 Å². The van der Waals surface area contributed by atoms with Gasteiger partial charge in [-0.15, -0.1) is 0 Å². The van der Waals surface area contributed by atoms with Gasteiger partial charge in [0, 0.05) is 0 Å². The molecule has 3 N–H and O–H groups in total. The highest BCUT2D eigenvalue weighted by Gasteiger charge is 2.32.